The second-order valence-electron chi connectivity index (χ2n) is 4.15. The molecule has 0 heterocycles. The Balaban J connectivity index is 2.27. The van der Waals surface area contributed by atoms with Gasteiger partial charge in [-0.25, -0.2) is 0 Å². The number of rotatable bonds is 7. The van der Waals surface area contributed by atoms with Crippen molar-refractivity contribution < 1.29 is 9.53 Å². The summed E-state index contributed by atoms with van der Waals surface area (Å²) in [4.78, 5) is 10.6. The molecule has 2 heteroatoms. The van der Waals surface area contributed by atoms with Crippen LogP contribution in [0.15, 0.2) is 43.0 Å². The molecule has 0 radical (unpaired) electrons. The Morgan fingerprint density at radius 2 is 2.06 bits per heavy atom. The molecule has 0 saturated heterocycles. The molecule has 17 heavy (non-hydrogen) atoms. The summed E-state index contributed by atoms with van der Waals surface area (Å²) in [7, 11) is 0. The van der Waals surface area contributed by atoms with Gasteiger partial charge in [-0.2, -0.15) is 0 Å². The van der Waals surface area contributed by atoms with Crippen molar-refractivity contribution in [3.8, 4) is 0 Å². The van der Waals surface area contributed by atoms with E-state index in [2.05, 4.69) is 30.8 Å². The van der Waals surface area contributed by atoms with Crippen molar-refractivity contribution in [3.63, 3.8) is 0 Å². The first-order valence-electron chi connectivity index (χ1n) is 6.02. The maximum Gasteiger partial charge on any atom is 0.302 e. The molecular weight excluding hydrogens is 212 g/mol. The summed E-state index contributed by atoms with van der Waals surface area (Å²) in [6.07, 6.45) is 4.90. The van der Waals surface area contributed by atoms with Crippen LogP contribution >= 0.6 is 0 Å². The van der Waals surface area contributed by atoms with E-state index in [0.29, 0.717) is 12.5 Å². The molecule has 1 aromatic carbocycles. The van der Waals surface area contributed by atoms with Gasteiger partial charge in [0.1, 0.15) is 0 Å². The summed E-state index contributed by atoms with van der Waals surface area (Å²) in [6.45, 7) is 5.75. The highest BCUT2D eigenvalue weighted by Crippen LogP contribution is 2.14. The fraction of sp³-hybridized carbons (Fsp3) is 0.400. The van der Waals surface area contributed by atoms with Crippen LogP contribution < -0.4 is 0 Å². The monoisotopic (exact) mass is 232 g/mol. The van der Waals surface area contributed by atoms with E-state index in [9.17, 15) is 4.79 Å². The molecule has 1 rings (SSSR count). The minimum atomic E-state index is -0.212. The number of carbonyl (C=O) groups is 1. The molecule has 0 aliphatic carbocycles. The van der Waals surface area contributed by atoms with Gasteiger partial charge in [0.25, 0.3) is 0 Å². The Kier molecular flexibility index (Phi) is 6.08. The Morgan fingerprint density at radius 1 is 1.35 bits per heavy atom. The minimum absolute atomic E-state index is 0.212. The Bertz CT molecular complexity index is 343. The molecule has 1 atom stereocenters. The second-order valence-corrected chi connectivity index (χ2v) is 4.15. The maximum absolute atomic E-state index is 10.6. The fourth-order valence-electron chi connectivity index (χ4n) is 1.73. The number of hydrogen-bond donors (Lipinski definition) is 0. The van der Waals surface area contributed by atoms with Crippen molar-refractivity contribution in [1.82, 2.24) is 0 Å². The summed E-state index contributed by atoms with van der Waals surface area (Å²) in [6, 6.07) is 10.4. The number of esters is 1. The van der Waals surface area contributed by atoms with Crippen LogP contribution in [0.4, 0.5) is 0 Å². The van der Waals surface area contributed by atoms with E-state index in [-0.39, 0.29) is 5.97 Å². The van der Waals surface area contributed by atoms with Gasteiger partial charge in [-0.3, -0.25) is 4.79 Å². The highest BCUT2D eigenvalue weighted by atomic mass is 16.5. The first-order valence-corrected chi connectivity index (χ1v) is 6.02. The molecule has 0 bridgehead atoms. The molecular formula is C15H20O2. The molecule has 0 fully saturated rings. The van der Waals surface area contributed by atoms with Gasteiger partial charge in [0.05, 0.1) is 6.61 Å². The first kappa shape index (κ1) is 13.5. The predicted octanol–water partition coefficient (Wildman–Crippen LogP) is 3.37. The minimum Gasteiger partial charge on any atom is -0.466 e. The third kappa shape index (κ3) is 5.91. The Morgan fingerprint density at radius 3 is 2.65 bits per heavy atom. The summed E-state index contributed by atoms with van der Waals surface area (Å²) in [5.41, 5.74) is 1.34. The van der Waals surface area contributed by atoms with Gasteiger partial charge in [0, 0.05) is 6.92 Å². The van der Waals surface area contributed by atoms with Crippen molar-refractivity contribution in [2.24, 2.45) is 5.92 Å². The number of allylic oxidation sites excluding steroid dienone is 1. The van der Waals surface area contributed by atoms with Gasteiger partial charge in [0.15, 0.2) is 0 Å². The molecule has 0 aliphatic heterocycles. The normalized spacial score (nSPS) is 11.8. The standard InChI is InChI=1S/C15H20O2/c1-3-14(11-12-17-13(2)16)9-10-15-7-5-4-6-8-15/h3-8,14H,1,9-12H2,2H3/t14-/m0/s1. The molecule has 0 aromatic heterocycles. The van der Waals surface area contributed by atoms with Crippen LogP contribution in [0.25, 0.3) is 0 Å². The average Bonchev–Trinajstić information content (AvgIpc) is 2.34. The van der Waals surface area contributed by atoms with Crippen molar-refractivity contribution in [2.75, 3.05) is 6.61 Å². The first-order chi connectivity index (χ1) is 8.22. The van der Waals surface area contributed by atoms with Crippen LogP contribution in [0.3, 0.4) is 0 Å². The van der Waals surface area contributed by atoms with Crippen molar-refractivity contribution in [1.29, 1.82) is 0 Å². The van der Waals surface area contributed by atoms with Gasteiger partial charge in [-0.1, -0.05) is 36.4 Å². The molecule has 1 aromatic rings. The summed E-state index contributed by atoms with van der Waals surface area (Å²) >= 11 is 0. The van der Waals surface area contributed by atoms with Crippen molar-refractivity contribution in [3.05, 3.63) is 48.6 Å². The second kappa shape index (κ2) is 7.66. The molecule has 0 N–H and O–H groups in total. The SMILES string of the molecule is C=C[C@H](CCOC(C)=O)CCc1ccccc1. The Labute approximate surface area is 103 Å². The molecule has 0 spiro atoms. The van der Waals surface area contributed by atoms with Crippen LogP contribution in [0.1, 0.15) is 25.3 Å². The van der Waals surface area contributed by atoms with Crippen molar-refractivity contribution in [2.45, 2.75) is 26.2 Å². The molecule has 0 saturated carbocycles. The van der Waals surface area contributed by atoms with E-state index in [4.69, 9.17) is 4.74 Å². The number of ether oxygens (including phenoxy) is 1. The lowest BCUT2D eigenvalue weighted by Gasteiger charge is -2.12. The van der Waals surface area contributed by atoms with Gasteiger partial charge < -0.3 is 4.74 Å². The molecule has 0 aliphatic rings. The van der Waals surface area contributed by atoms with E-state index >= 15 is 0 Å². The number of benzene rings is 1. The lowest BCUT2D eigenvalue weighted by atomic mass is 9.97. The lowest BCUT2D eigenvalue weighted by Crippen LogP contribution is -2.07. The molecule has 92 valence electrons. The number of carbonyl (C=O) groups excluding carboxylic acids is 1. The van der Waals surface area contributed by atoms with Crippen LogP contribution in [0.2, 0.25) is 0 Å². The zero-order valence-corrected chi connectivity index (χ0v) is 10.4. The van der Waals surface area contributed by atoms with Gasteiger partial charge in [0.2, 0.25) is 0 Å². The zero-order chi connectivity index (χ0) is 12.5. The molecule has 2 nitrogen and oxygen atoms in total. The third-order valence-electron chi connectivity index (χ3n) is 2.77. The average molecular weight is 232 g/mol. The van der Waals surface area contributed by atoms with Gasteiger partial charge in [-0.05, 0) is 30.7 Å². The zero-order valence-electron chi connectivity index (χ0n) is 10.4. The largest absolute Gasteiger partial charge is 0.466 e. The predicted molar refractivity (Wildman–Crippen MR) is 69.7 cm³/mol. The van der Waals surface area contributed by atoms with E-state index in [1.807, 2.05) is 12.1 Å². The van der Waals surface area contributed by atoms with E-state index in [0.717, 1.165) is 19.3 Å². The van der Waals surface area contributed by atoms with E-state index in [1.54, 1.807) is 0 Å². The fourth-order valence-corrected chi connectivity index (χ4v) is 1.73. The topological polar surface area (TPSA) is 26.3 Å². The molecule has 0 unspecified atom stereocenters. The Hall–Kier alpha value is -1.57. The van der Waals surface area contributed by atoms with Gasteiger partial charge >= 0.3 is 5.97 Å². The number of aryl methyl sites for hydroxylation is 1. The lowest BCUT2D eigenvalue weighted by molar-refractivity contribution is -0.141. The van der Waals surface area contributed by atoms with Crippen LogP contribution in [0.5, 0.6) is 0 Å². The van der Waals surface area contributed by atoms with Crippen molar-refractivity contribution >= 4 is 5.97 Å². The third-order valence-corrected chi connectivity index (χ3v) is 2.77. The smallest absolute Gasteiger partial charge is 0.302 e. The maximum atomic E-state index is 10.6. The number of hydrogen-bond acceptors (Lipinski definition) is 2. The van der Waals surface area contributed by atoms with Crippen LogP contribution in [0, 0.1) is 5.92 Å². The highest BCUT2D eigenvalue weighted by molar-refractivity contribution is 5.65. The summed E-state index contributed by atoms with van der Waals surface area (Å²) in [5.74, 6) is 0.199. The quantitative estimate of drug-likeness (QED) is 0.532. The summed E-state index contributed by atoms with van der Waals surface area (Å²) in [5, 5.41) is 0. The van der Waals surface area contributed by atoms with Gasteiger partial charge in [-0.15, -0.1) is 6.58 Å². The molecule has 0 amide bonds. The van der Waals surface area contributed by atoms with Crippen LogP contribution in [-0.2, 0) is 16.0 Å². The highest BCUT2D eigenvalue weighted by Gasteiger charge is 2.05. The summed E-state index contributed by atoms with van der Waals surface area (Å²) < 4.78 is 4.94. The van der Waals surface area contributed by atoms with E-state index in [1.165, 1.54) is 12.5 Å². The van der Waals surface area contributed by atoms with Crippen LogP contribution in [-0.4, -0.2) is 12.6 Å². The van der Waals surface area contributed by atoms with E-state index < -0.39 is 0 Å².